The van der Waals surface area contributed by atoms with Gasteiger partial charge in [0.15, 0.2) is 17.1 Å². The summed E-state index contributed by atoms with van der Waals surface area (Å²) in [5, 5.41) is 22.6. The minimum atomic E-state index is -1.04. The van der Waals surface area contributed by atoms with E-state index in [1.54, 1.807) is 12.1 Å². The van der Waals surface area contributed by atoms with E-state index in [4.69, 9.17) is 9.63 Å². The van der Waals surface area contributed by atoms with Crippen LogP contribution < -0.4 is 4.90 Å². The molecule has 1 aliphatic heterocycles. The van der Waals surface area contributed by atoms with Crippen molar-refractivity contribution in [3.63, 3.8) is 0 Å². The highest BCUT2D eigenvalue weighted by atomic mass is 16.5. The van der Waals surface area contributed by atoms with E-state index < -0.39 is 5.97 Å². The summed E-state index contributed by atoms with van der Waals surface area (Å²) in [7, 11) is 0. The molecule has 0 spiro atoms. The first kappa shape index (κ1) is 15.5. The third-order valence-electron chi connectivity index (χ3n) is 4.01. The highest BCUT2D eigenvalue weighted by molar-refractivity contribution is 5.99. The monoisotopic (exact) mass is 317 g/mol. The average Bonchev–Trinajstić information content (AvgIpc) is 3.02. The molecule has 2 heterocycles. The molecule has 7 nitrogen and oxygen atoms in total. The summed E-state index contributed by atoms with van der Waals surface area (Å²) < 4.78 is 5.34. The molecule has 3 rings (SSSR count). The zero-order valence-electron chi connectivity index (χ0n) is 12.7. The molecule has 1 aromatic heterocycles. The molecule has 0 radical (unpaired) electrons. The highest BCUT2D eigenvalue weighted by Crippen LogP contribution is 2.31. The fraction of sp³-hybridized carbons (Fsp3) is 0.375. The fourth-order valence-corrected chi connectivity index (χ4v) is 2.80. The van der Waals surface area contributed by atoms with E-state index in [1.165, 1.54) is 0 Å². The zero-order valence-corrected chi connectivity index (χ0v) is 12.7. The van der Waals surface area contributed by atoms with Crippen LogP contribution in [0.2, 0.25) is 0 Å². The lowest BCUT2D eigenvalue weighted by Crippen LogP contribution is -2.47. The summed E-state index contributed by atoms with van der Waals surface area (Å²) in [6.45, 7) is 3.58. The van der Waals surface area contributed by atoms with E-state index in [1.807, 2.05) is 23.1 Å². The molecule has 0 unspecified atom stereocenters. The van der Waals surface area contributed by atoms with Gasteiger partial charge in [0, 0.05) is 38.3 Å². The standard InChI is InChI=1S/C16H19N3O4/c20-11-10-18-6-8-19(9-7-18)15-13(16(21)22)14(23-17-15)12-4-2-1-3-5-12/h1-5,20H,6-11H2,(H,21,22). The second-order valence-corrected chi connectivity index (χ2v) is 5.43. The number of aromatic nitrogens is 1. The van der Waals surface area contributed by atoms with Gasteiger partial charge in [-0.2, -0.15) is 0 Å². The summed E-state index contributed by atoms with van der Waals surface area (Å²) in [6, 6.07) is 9.13. The summed E-state index contributed by atoms with van der Waals surface area (Å²) in [6.07, 6.45) is 0. The third kappa shape index (κ3) is 3.20. The van der Waals surface area contributed by atoms with Gasteiger partial charge >= 0.3 is 5.97 Å². The van der Waals surface area contributed by atoms with Gasteiger partial charge in [-0.25, -0.2) is 4.79 Å². The number of piperazine rings is 1. The minimum absolute atomic E-state index is 0.104. The Kier molecular flexibility index (Phi) is 4.59. The van der Waals surface area contributed by atoms with E-state index >= 15 is 0 Å². The Labute approximate surface area is 133 Å². The van der Waals surface area contributed by atoms with E-state index in [0.29, 0.717) is 31.0 Å². The van der Waals surface area contributed by atoms with Crippen LogP contribution in [0.25, 0.3) is 11.3 Å². The van der Waals surface area contributed by atoms with Gasteiger partial charge in [-0.15, -0.1) is 0 Å². The van der Waals surface area contributed by atoms with Crippen LogP contribution in [0.4, 0.5) is 5.82 Å². The van der Waals surface area contributed by atoms with Crippen LogP contribution in [-0.4, -0.2) is 65.6 Å². The van der Waals surface area contributed by atoms with Gasteiger partial charge in [-0.1, -0.05) is 35.5 Å². The van der Waals surface area contributed by atoms with Crippen LogP contribution in [0.15, 0.2) is 34.9 Å². The predicted octanol–water partition coefficient (Wildman–Crippen LogP) is 1.15. The summed E-state index contributed by atoms with van der Waals surface area (Å²) in [5.41, 5.74) is 0.800. The number of hydrogen-bond donors (Lipinski definition) is 2. The molecule has 2 aromatic rings. The van der Waals surface area contributed by atoms with Gasteiger partial charge in [0.1, 0.15) is 0 Å². The number of aliphatic hydroxyl groups is 1. The molecule has 1 aromatic carbocycles. The van der Waals surface area contributed by atoms with Gasteiger partial charge in [0.25, 0.3) is 0 Å². The van der Waals surface area contributed by atoms with E-state index in [9.17, 15) is 9.90 Å². The molecule has 122 valence electrons. The molecule has 7 heteroatoms. The molecule has 0 atom stereocenters. The zero-order chi connectivity index (χ0) is 16.2. The Bertz CT molecular complexity index is 663. The lowest BCUT2D eigenvalue weighted by Gasteiger charge is -2.34. The molecule has 2 N–H and O–H groups in total. The molecule has 0 saturated carbocycles. The van der Waals surface area contributed by atoms with Gasteiger partial charge in [0.05, 0.1) is 6.61 Å². The first-order valence-electron chi connectivity index (χ1n) is 7.57. The van der Waals surface area contributed by atoms with E-state index in [2.05, 4.69) is 10.1 Å². The number of aromatic carboxylic acids is 1. The van der Waals surface area contributed by atoms with Crippen molar-refractivity contribution < 1.29 is 19.5 Å². The Morgan fingerprint density at radius 2 is 1.87 bits per heavy atom. The SMILES string of the molecule is O=C(O)c1c(N2CCN(CCO)CC2)noc1-c1ccccc1. The van der Waals surface area contributed by atoms with Crippen LogP contribution in [0.3, 0.4) is 0 Å². The number of carbonyl (C=O) groups is 1. The molecule has 0 bridgehead atoms. The van der Waals surface area contributed by atoms with Gasteiger partial charge < -0.3 is 19.6 Å². The summed E-state index contributed by atoms with van der Waals surface area (Å²) in [4.78, 5) is 15.8. The number of carboxylic acids is 1. The number of anilines is 1. The molecular formula is C16H19N3O4. The number of benzene rings is 1. The maximum Gasteiger partial charge on any atom is 0.343 e. The smallest absolute Gasteiger partial charge is 0.343 e. The Morgan fingerprint density at radius 1 is 1.17 bits per heavy atom. The fourth-order valence-electron chi connectivity index (χ4n) is 2.80. The molecular weight excluding hydrogens is 298 g/mol. The maximum absolute atomic E-state index is 11.7. The maximum atomic E-state index is 11.7. The van der Waals surface area contributed by atoms with Gasteiger partial charge in [-0.05, 0) is 0 Å². The topological polar surface area (TPSA) is 90.0 Å². The van der Waals surface area contributed by atoms with Crippen LogP contribution in [-0.2, 0) is 0 Å². The number of nitrogens with zero attached hydrogens (tertiary/aromatic N) is 3. The van der Waals surface area contributed by atoms with Crippen molar-refractivity contribution in [2.75, 3.05) is 44.2 Å². The normalized spacial score (nSPS) is 15.8. The number of β-amino-alcohol motifs (C(OH)–C–C–N with tert-alkyl or cyclic N) is 1. The summed E-state index contributed by atoms with van der Waals surface area (Å²) >= 11 is 0. The molecule has 0 amide bonds. The number of carboxylic acid groups (broad SMARTS) is 1. The van der Waals surface area contributed by atoms with Crippen LogP contribution in [0.1, 0.15) is 10.4 Å². The van der Waals surface area contributed by atoms with Crippen LogP contribution in [0.5, 0.6) is 0 Å². The molecule has 23 heavy (non-hydrogen) atoms. The molecule has 1 saturated heterocycles. The lowest BCUT2D eigenvalue weighted by molar-refractivity contribution is 0.0697. The third-order valence-corrected chi connectivity index (χ3v) is 4.01. The van der Waals surface area contributed by atoms with Crippen molar-refractivity contribution in [3.8, 4) is 11.3 Å². The Balaban J connectivity index is 1.86. The summed E-state index contributed by atoms with van der Waals surface area (Å²) in [5.74, 6) is -0.385. The van der Waals surface area contributed by atoms with Crippen molar-refractivity contribution in [1.29, 1.82) is 0 Å². The van der Waals surface area contributed by atoms with Gasteiger partial charge in [0.2, 0.25) is 0 Å². The van der Waals surface area contributed by atoms with Gasteiger partial charge in [-0.3, -0.25) is 4.90 Å². The first-order chi connectivity index (χ1) is 11.2. The quantitative estimate of drug-likeness (QED) is 0.855. The molecule has 1 aliphatic rings. The van der Waals surface area contributed by atoms with Crippen molar-refractivity contribution in [1.82, 2.24) is 10.1 Å². The first-order valence-corrected chi connectivity index (χ1v) is 7.57. The van der Waals surface area contributed by atoms with Crippen molar-refractivity contribution in [2.24, 2.45) is 0 Å². The average molecular weight is 317 g/mol. The number of aliphatic hydroxyl groups excluding tert-OH is 1. The van der Waals surface area contributed by atoms with E-state index in [0.717, 1.165) is 13.1 Å². The second-order valence-electron chi connectivity index (χ2n) is 5.43. The van der Waals surface area contributed by atoms with Crippen LogP contribution >= 0.6 is 0 Å². The highest BCUT2D eigenvalue weighted by Gasteiger charge is 2.29. The second kappa shape index (κ2) is 6.80. The van der Waals surface area contributed by atoms with Crippen LogP contribution in [0, 0.1) is 0 Å². The van der Waals surface area contributed by atoms with Crippen molar-refractivity contribution >= 4 is 11.8 Å². The van der Waals surface area contributed by atoms with Crippen molar-refractivity contribution in [2.45, 2.75) is 0 Å². The Hall–Kier alpha value is -2.38. The predicted molar refractivity (Wildman–Crippen MR) is 84.6 cm³/mol. The number of rotatable bonds is 5. The minimum Gasteiger partial charge on any atom is -0.477 e. The largest absolute Gasteiger partial charge is 0.477 e. The van der Waals surface area contributed by atoms with Crippen molar-refractivity contribution in [3.05, 3.63) is 35.9 Å². The number of hydrogen-bond acceptors (Lipinski definition) is 6. The molecule has 0 aliphatic carbocycles. The molecule has 1 fully saturated rings. The Morgan fingerprint density at radius 3 is 2.48 bits per heavy atom. The van der Waals surface area contributed by atoms with E-state index in [-0.39, 0.29) is 17.9 Å². The lowest BCUT2D eigenvalue weighted by atomic mass is 10.1.